The van der Waals surface area contributed by atoms with Crippen LogP contribution in [0, 0.1) is 0 Å². The standard InChI is InChI=1S/C26H53O6PS/c1-5-8-10-12-14-15-16-18-20-23-34-25(21-19-17-13-11-9-6-2)24(4)31-33(29,30-22-7-3)32-26(27)28/h24-25H,5-23H2,1-4H3,(H,27,28). The molecule has 0 aromatic heterocycles. The largest absolute Gasteiger partial charge is 0.534 e. The molecule has 0 heterocycles. The SMILES string of the molecule is CCCCCCCCCCCSC(CCCCCCCC)C(C)OP(=O)(OCCC)OC(=O)O. The van der Waals surface area contributed by atoms with Gasteiger partial charge in [-0.05, 0) is 31.9 Å². The Morgan fingerprint density at radius 1 is 0.794 bits per heavy atom. The average molecular weight is 525 g/mol. The molecule has 0 aromatic carbocycles. The van der Waals surface area contributed by atoms with E-state index in [9.17, 15) is 9.36 Å². The van der Waals surface area contributed by atoms with Crippen LogP contribution < -0.4 is 0 Å². The maximum atomic E-state index is 12.8. The van der Waals surface area contributed by atoms with Crippen LogP contribution in [-0.4, -0.2) is 35.0 Å². The number of hydrogen-bond donors (Lipinski definition) is 1. The number of rotatable bonds is 25. The third-order valence-corrected chi connectivity index (χ3v) is 8.93. The van der Waals surface area contributed by atoms with Crippen LogP contribution >= 0.6 is 19.6 Å². The van der Waals surface area contributed by atoms with E-state index in [-0.39, 0.29) is 11.9 Å². The van der Waals surface area contributed by atoms with Crippen molar-refractivity contribution in [2.45, 2.75) is 148 Å². The molecule has 0 aliphatic rings. The van der Waals surface area contributed by atoms with Gasteiger partial charge in [0.2, 0.25) is 0 Å². The van der Waals surface area contributed by atoms with Crippen molar-refractivity contribution in [3.05, 3.63) is 0 Å². The maximum Gasteiger partial charge on any atom is 0.534 e. The molecule has 204 valence electrons. The molecule has 0 aliphatic heterocycles. The highest BCUT2D eigenvalue weighted by Gasteiger charge is 2.35. The zero-order chi connectivity index (χ0) is 25.5. The third-order valence-electron chi connectivity index (χ3n) is 5.88. The number of carbonyl (C=O) groups is 1. The molecular weight excluding hydrogens is 471 g/mol. The second-order valence-corrected chi connectivity index (χ2v) is 12.1. The zero-order valence-electron chi connectivity index (χ0n) is 22.4. The number of phosphoric ester groups is 1. The van der Waals surface area contributed by atoms with Gasteiger partial charge in [0, 0.05) is 5.25 Å². The molecule has 6 nitrogen and oxygen atoms in total. The fourth-order valence-corrected chi connectivity index (χ4v) is 6.60. The molecule has 0 aromatic rings. The van der Waals surface area contributed by atoms with Gasteiger partial charge in [0.1, 0.15) is 0 Å². The molecule has 8 heteroatoms. The summed E-state index contributed by atoms with van der Waals surface area (Å²) in [6.07, 6.45) is 18.5. The highest BCUT2D eigenvalue weighted by atomic mass is 32.2. The topological polar surface area (TPSA) is 82.1 Å². The van der Waals surface area contributed by atoms with Gasteiger partial charge in [-0.3, -0.25) is 9.05 Å². The maximum absolute atomic E-state index is 12.8. The minimum atomic E-state index is -4.13. The molecule has 0 amide bonds. The Labute approximate surface area is 214 Å². The minimum Gasteiger partial charge on any atom is -0.449 e. The van der Waals surface area contributed by atoms with E-state index >= 15 is 0 Å². The Kier molecular flexibility index (Phi) is 23.0. The Morgan fingerprint density at radius 2 is 1.29 bits per heavy atom. The van der Waals surface area contributed by atoms with Crippen LogP contribution in [0.1, 0.15) is 137 Å². The van der Waals surface area contributed by atoms with Gasteiger partial charge in [0.15, 0.2) is 0 Å². The first-order valence-corrected chi connectivity index (χ1v) is 16.4. The average Bonchev–Trinajstić information content (AvgIpc) is 2.79. The quantitative estimate of drug-likeness (QED) is 0.0939. The Morgan fingerprint density at radius 3 is 1.79 bits per heavy atom. The smallest absolute Gasteiger partial charge is 0.449 e. The van der Waals surface area contributed by atoms with Crippen molar-refractivity contribution < 1.29 is 28.0 Å². The lowest BCUT2D eigenvalue weighted by Gasteiger charge is -2.26. The van der Waals surface area contributed by atoms with Gasteiger partial charge < -0.3 is 9.63 Å². The summed E-state index contributed by atoms with van der Waals surface area (Å²) in [5, 5.41) is 9.12. The van der Waals surface area contributed by atoms with E-state index in [2.05, 4.69) is 18.4 Å². The van der Waals surface area contributed by atoms with Crippen LogP contribution in [0.3, 0.4) is 0 Å². The molecule has 3 unspecified atom stereocenters. The zero-order valence-corrected chi connectivity index (χ0v) is 24.1. The van der Waals surface area contributed by atoms with Crippen molar-refractivity contribution in [1.82, 2.24) is 0 Å². The van der Waals surface area contributed by atoms with Gasteiger partial charge >= 0.3 is 14.0 Å². The van der Waals surface area contributed by atoms with Crippen molar-refractivity contribution in [3.8, 4) is 0 Å². The Bertz CT molecular complexity index is 520. The number of phosphoric acid groups is 1. The summed E-state index contributed by atoms with van der Waals surface area (Å²) in [5.41, 5.74) is 0. The lowest BCUT2D eigenvalue weighted by atomic mass is 10.1. The van der Waals surface area contributed by atoms with Crippen molar-refractivity contribution in [3.63, 3.8) is 0 Å². The van der Waals surface area contributed by atoms with Crippen molar-refractivity contribution in [1.29, 1.82) is 0 Å². The first-order chi connectivity index (χ1) is 16.4. The van der Waals surface area contributed by atoms with E-state index in [4.69, 9.17) is 14.2 Å². The first kappa shape index (κ1) is 33.8. The molecule has 0 saturated carbocycles. The molecule has 3 atom stereocenters. The number of hydrogen-bond acceptors (Lipinski definition) is 6. The molecule has 0 spiro atoms. The molecule has 0 saturated heterocycles. The molecule has 0 rings (SSSR count). The highest BCUT2D eigenvalue weighted by Crippen LogP contribution is 2.52. The summed E-state index contributed by atoms with van der Waals surface area (Å²) in [7, 11) is -4.13. The van der Waals surface area contributed by atoms with E-state index in [1.54, 1.807) is 0 Å². The van der Waals surface area contributed by atoms with Crippen LogP contribution in [0.5, 0.6) is 0 Å². The van der Waals surface area contributed by atoms with E-state index < -0.39 is 20.1 Å². The normalized spacial score (nSPS) is 15.1. The number of unbranched alkanes of at least 4 members (excludes halogenated alkanes) is 13. The van der Waals surface area contributed by atoms with Crippen molar-refractivity contribution in [2.75, 3.05) is 12.4 Å². The predicted octanol–water partition coefficient (Wildman–Crippen LogP) is 10.0. The van der Waals surface area contributed by atoms with Crippen LogP contribution in [0.2, 0.25) is 0 Å². The second-order valence-electron chi connectivity index (χ2n) is 9.24. The van der Waals surface area contributed by atoms with Gasteiger partial charge in [-0.1, -0.05) is 111 Å². The molecule has 0 fully saturated rings. The minimum absolute atomic E-state index is 0.130. The third kappa shape index (κ3) is 20.0. The monoisotopic (exact) mass is 524 g/mol. The summed E-state index contributed by atoms with van der Waals surface area (Å²) in [6, 6.07) is 0. The van der Waals surface area contributed by atoms with Crippen LogP contribution in [0.4, 0.5) is 4.79 Å². The first-order valence-electron chi connectivity index (χ1n) is 13.9. The van der Waals surface area contributed by atoms with Crippen LogP contribution in [0.25, 0.3) is 0 Å². The van der Waals surface area contributed by atoms with Gasteiger partial charge in [0.25, 0.3) is 0 Å². The second kappa shape index (κ2) is 23.2. The highest BCUT2D eigenvalue weighted by molar-refractivity contribution is 7.99. The Hall–Kier alpha value is -0.230. The molecule has 0 aliphatic carbocycles. The van der Waals surface area contributed by atoms with E-state index in [1.807, 2.05) is 25.6 Å². The van der Waals surface area contributed by atoms with E-state index in [1.165, 1.54) is 83.5 Å². The molecule has 0 radical (unpaired) electrons. The van der Waals surface area contributed by atoms with Crippen molar-refractivity contribution >= 4 is 25.7 Å². The van der Waals surface area contributed by atoms with Crippen molar-refractivity contribution in [2.24, 2.45) is 0 Å². The summed E-state index contributed by atoms with van der Waals surface area (Å²) in [6.45, 7) is 8.32. The summed E-state index contributed by atoms with van der Waals surface area (Å²) in [4.78, 5) is 11.0. The summed E-state index contributed by atoms with van der Waals surface area (Å²) >= 11 is 1.85. The van der Waals surface area contributed by atoms with Crippen LogP contribution in [-0.2, 0) is 18.1 Å². The molecule has 34 heavy (non-hydrogen) atoms. The van der Waals surface area contributed by atoms with E-state index in [0.29, 0.717) is 6.42 Å². The van der Waals surface area contributed by atoms with Gasteiger partial charge in [-0.15, -0.1) is 0 Å². The molecule has 0 bridgehead atoms. The predicted molar refractivity (Wildman–Crippen MR) is 145 cm³/mol. The summed E-state index contributed by atoms with van der Waals surface area (Å²) < 4.78 is 28.3. The number of thioether (sulfide) groups is 1. The van der Waals surface area contributed by atoms with Gasteiger partial charge in [-0.2, -0.15) is 11.8 Å². The summed E-state index contributed by atoms with van der Waals surface area (Å²) in [5.74, 6) is 1.03. The molecule has 1 N–H and O–H groups in total. The fourth-order valence-electron chi connectivity index (χ4n) is 3.88. The Balaban J connectivity index is 4.59. The molecular formula is C26H53O6PS. The number of carboxylic acid groups (broad SMARTS) is 1. The van der Waals surface area contributed by atoms with Gasteiger partial charge in [-0.25, -0.2) is 9.36 Å². The fraction of sp³-hybridized carbons (Fsp3) is 0.962. The lowest BCUT2D eigenvalue weighted by molar-refractivity contribution is 0.0764. The van der Waals surface area contributed by atoms with E-state index in [0.717, 1.165) is 25.0 Å². The lowest BCUT2D eigenvalue weighted by Crippen LogP contribution is -2.24. The van der Waals surface area contributed by atoms with Gasteiger partial charge in [0.05, 0.1) is 12.7 Å². The van der Waals surface area contributed by atoms with Crippen LogP contribution in [0.15, 0.2) is 0 Å².